The quantitative estimate of drug-likeness (QED) is 0.296. The van der Waals surface area contributed by atoms with E-state index in [1.54, 1.807) is 29.7 Å². The highest BCUT2D eigenvalue weighted by Crippen LogP contribution is 2.31. The van der Waals surface area contributed by atoms with Crippen molar-refractivity contribution in [1.29, 1.82) is 0 Å². The highest BCUT2D eigenvalue weighted by Gasteiger charge is 2.33. The van der Waals surface area contributed by atoms with Crippen LogP contribution in [-0.4, -0.2) is 38.6 Å². The van der Waals surface area contributed by atoms with Crippen LogP contribution in [0, 0.1) is 24.0 Å². The van der Waals surface area contributed by atoms with Crippen molar-refractivity contribution in [1.82, 2.24) is 9.38 Å². The van der Waals surface area contributed by atoms with Crippen molar-refractivity contribution in [2.24, 2.45) is 5.41 Å². The molecule has 2 N–H and O–H groups in total. The summed E-state index contributed by atoms with van der Waals surface area (Å²) in [5.74, 6) is -1.44. The lowest BCUT2D eigenvalue weighted by molar-refractivity contribution is 0.0368. The Bertz CT molecular complexity index is 1330. The maximum atomic E-state index is 14.0. The molecule has 0 radical (unpaired) electrons. The Morgan fingerprint density at radius 1 is 1.00 bits per heavy atom. The summed E-state index contributed by atoms with van der Waals surface area (Å²) >= 11 is 0. The molecule has 0 amide bonds. The summed E-state index contributed by atoms with van der Waals surface area (Å²) in [6.45, 7) is 0.649. The molecule has 0 bridgehead atoms. The second kappa shape index (κ2) is 11.0. The molecule has 2 aromatic heterocycles. The number of hydrogen-bond acceptors (Lipinski definition) is 5. The largest absolute Gasteiger partial charge is 0.485 e. The molecule has 0 saturated heterocycles. The third kappa shape index (κ3) is 5.29. The van der Waals surface area contributed by atoms with Gasteiger partial charge in [0.2, 0.25) is 0 Å². The summed E-state index contributed by atoms with van der Waals surface area (Å²) in [4.78, 5) is 17.9. The standard InChI is InChI=1S/C28H28F2N2O4/c1-19-26(24(35)15-28(17-33,18-34)13-12-20-7-3-2-4-8-20)32-14-6-11-25(27(32)31-19)36-16-21-22(29)9-5-10-23(21)30/h2-11,14,33-34H,12-13,15-18H2,1H3. The first kappa shape index (κ1) is 25.5. The van der Waals surface area contributed by atoms with Gasteiger partial charge in [-0.1, -0.05) is 36.4 Å². The molecule has 8 heteroatoms. The van der Waals surface area contributed by atoms with Gasteiger partial charge in [-0.25, -0.2) is 13.8 Å². The van der Waals surface area contributed by atoms with Gasteiger partial charge in [-0.2, -0.15) is 0 Å². The number of rotatable bonds is 11. The maximum absolute atomic E-state index is 14.0. The van der Waals surface area contributed by atoms with E-state index in [1.807, 2.05) is 30.3 Å². The highest BCUT2D eigenvalue weighted by atomic mass is 19.1. The van der Waals surface area contributed by atoms with E-state index in [-0.39, 0.29) is 43.3 Å². The van der Waals surface area contributed by atoms with Gasteiger partial charge in [0, 0.05) is 18.0 Å². The van der Waals surface area contributed by atoms with Gasteiger partial charge in [0.05, 0.1) is 24.5 Å². The van der Waals surface area contributed by atoms with Gasteiger partial charge < -0.3 is 14.9 Å². The Balaban J connectivity index is 1.57. The number of Topliss-reactive ketones (excluding diaryl/α,β-unsaturated/α-hetero) is 1. The fourth-order valence-electron chi connectivity index (χ4n) is 4.31. The zero-order valence-electron chi connectivity index (χ0n) is 20.0. The van der Waals surface area contributed by atoms with Crippen LogP contribution in [0.2, 0.25) is 0 Å². The molecule has 0 unspecified atom stereocenters. The highest BCUT2D eigenvalue weighted by molar-refractivity contribution is 5.97. The summed E-state index contributed by atoms with van der Waals surface area (Å²) < 4.78 is 35.3. The molecular weight excluding hydrogens is 466 g/mol. The van der Waals surface area contributed by atoms with Crippen LogP contribution in [-0.2, 0) is 13.0 Å². The van der Waals surface area contributed by atoms with Gasteiger partial charge in [-0.05, 0) is 49.6 Å². The molecule has 6 nitrogen and oxygen atoms in total. The van der Waals surface area contributed by atoms with Crippen LogP contribution >= 0.6 is 0 Å². The molecule has 2 aromatic carbocycles. The number of nitrogens with zero attached hydrogens (tertiary/aromatic N) is 2. The summed E-state index contributed by atoms with van der Waals surface area (Å²) in [7, 11) is 0. The van der Waals surface area contributed by atoms with E-state index in [0.29, 0.717) is 29.9 Å². The summed E-state index contributed by atoms with van der Waals surface area (Å²) in [6.07, 6.45) is 2.61. The van der Waals surface area contributed by atoms with Crippen molar-refractivity contribution in [3.8, 4) is 5.75 Å². The maximum Gasteiger partial charge on any atom is 0.182 e. The predicted molar refractivity (Wildman–Crippen MR) is 131 cm³/mol. The molecular formula is C28H28F2N2O4. The molecule has 36 heavy (non-hydrogen) atoms. The minimum Gasteiger partial charge on any atom is -0.485 e. The first-order chi connectivity index (χ1) is 17.4. The van der Waals surface area contributed by atoms with Crippen LogP contribution in [0.5, 0.6) is 5.75 Å². The molecule has 0 aliphatic carbocycles. The number of benzene rings is 2. The van der Waals surface area contributed by atoms with Crippen LogP contribution in [0.3, 0.4) is 0 Å². The van der Waals surface area contributed by atoms with Crippen molar-refractivity contribution in [2.45, 2.75) is 32.8 Å². The molecule has 2 heterocycles. The van der Waals surface area contributed by atoms with Gasteiger partial charge in [-0.15, -0.1) is 0 Å². The molecule has 188 valence electrons. The van der Waals surface area contributed by atoms with Gasteiger partial charge in [0.25, 0.3) is 0 Å². The Labute approximate surface area is 207 Å². The van der Waals surface area contributed by atoms with E-state index in [9.17, 15) is 23.8 Å². The lowest BCUT2D eigenvalue weighted by Gasteiger charge is -2.29. The van der Waals surface area contributed by atoms with E-state index in [1.165, 1.54) is 6.07 Å². The van der Waals surface area contributed by atoms with E-state index < -0.39 is 17.0 Å². The van der Waals surface area contributed by atoms with Gasteiger partial charge >= 0.3 is 0 Å². The number of aromatic nitrogens is 2. The number of aryl methyl sites for hydroxylation is 2. The van der Waals surface area contributed by atoms with Crippen LogP contribution in [0.4, 0.5) is 8.78 Å². The van der Waals surface area contributed by atoms with E-state index in [0.717, 1.165) is 17.7 Å². The van der Waals surface area contributed by atoms with Crippen LogP contribution < -0.4 is 4.74 Å². The Hall–Kier alpha value is -3.62. The molecule has 0 spiro atoms. The number of carbonyl (C=O) groups is 1. The summed E-state index contributed by atoms with van der Waals surface area (Å²) in [6, 6.07) is 16.5. The smallest absolute Gasteiger partial charge is 0.182 e. The minimum atomic E-state index is -1.00. The first-order valence-electron chi connectivity index (χ1n) is 11.7. The van der Waals surface area contributed by atoms with Crippen LogP contribution in [0.25, 0.3) is 5.65 Å². The fourth-order valence-corrected chi connectivity index (χ4v) is 4.31. The SMILES string of the molecule is Cc1nc2c(OCc3c(F)cccc3F)cccn2c1C(=O)CC(CO)(CO)CCc1ccccc1. The first-order valence-corrected chi connectivity index (χ1v) is 11.7. The lowest BCUT2D eigenvalue weighted by Crippen LogP contribution is -2.33. The number of ether oxygens (including phenoxy) is 1. The normalized spacial score (nSPS) is 11.7. The van der Waals surface area contributed by atoms with E-state index in [2.05, 4.69) is 4.98 Å². The molecule has 0 aliphatic rings. The van der Waals surface area contributed by atoms with Crippen LogP contribution in [0.15, 0.2) is 66.9 Å². The minimum absolute atomic E-state index is 0.0764. The third-order valence-electron chi connectivity index (χ3n) is 6.48. The van der Waals surface area contributed by atoms with Crippen molar-refractivity contribution < 1.29 is 28.5 Å². The fraction of sp³-hybridized carbons (Fsp3) is 0.286. The zero-order valence-corrected chi connectivity index (χ0v) is 20.0. The lowest BCUT2D eigenvalue weighted by atomic mass is 9.78. The number of ketones is 1. The van der Waals surface area contributed by atoms with E-state index >= 15 is 0 Å². The van der Waals surface area contributed by atoms with Gasteiger partial charge in [0.15, 0.2) is 17.2 Å². The molecule has 0 saturated carbocycles. The second-order valence-corrected chi connectivity index (χ2v) is 9.00. The molecule has 0 aliphatic heterocycles. The zero-order chi connectivity index (χ0) is 25.7. The summed E-state index contributed by atoms with van der Waals surface area (Å²) in [5.41, 5.74) is 0.931. The topological polar surface area (TPSA) is 84.1 Å². The van der Waals surface area contributed by atoms with Gasteiger partial charge in [-0.3, -0.25) is 9.20 Å². The Morgan fingerprint density at radius 2 is 1.69 bits per heavy atom. The van der Waals surface area contributed by atoms with Gasteiger partial charge in [0.1, 0.15) is 23.9 Å². The monoisotopic (exact) mass is 494 g/mol. The van der Waals surface area contributed by atoms with Crippen LogP contribution in [0.1, 0.15) is 40.2 Å². The predicted octanol–water partition coefficient (Wildman–Crippen LogP) is 4.68. The summed E-state index contributed by atoms with van der Waals surface area (Å²) in [5, 5.41) is 20.3. The molecule has 4 aromatic rings. The average molecular weight is 495 g/mol. The van der Waals surface area contributed by atoms with Crippen molar-refractivity contribution in [3.05, 3.63) is 101 Å². The second-order valence-electron chi connectivity index (χ2n) is 9.00. The number of aliphatic hydroxyl groups excluding tert-OH is 2. The number of imidazole rings is 1. The number of pyridine rings is 1. The Morgan fingerprint density at radius 3 is 2.36 bits per heavy atom. The Kier molecular flexibility index (Phi) is 7.76. The van der Waals surface area contributed by atoms with Crippen molar-refractivity contribution >= 4 is 11.4 Å². The number of halogens is 2. The number of carbonyl (C=O) groups excluding carboxylic acids is 1. The van der Waals surface area contributed by atoms with Crippen molar-refractivity contribution in [3.63, 3.8) is 0 Å². The molecule has 0 atom stereocenters. The number of fused-ring (bicyclic) bond motifs is 1. The molecule has 4 rings (SSSR count). The number of aliphatic hydroxyl groups is 2. The molecule has 0 fully saturated rings. The van der Waals surface area contributed by atoms with E-state index in [4.69, 9.17) is 4.74 Å². The van der Waals surface area contributed by atoms with Crippen molar-refractivity contribution in [2.75, 3.05) is 13.2 Å². The number of hydrogen-bond donors (Lipinski definition) is 2. The third-order valence-corrected chi connectivity index (χ3v) is 6.48. The average Bonchev–Trinajstić information content (AvgIpc) is 3.23.